The maximum absolute atomic E-state index is 14.1. The molecule has 4 aromatic rings. The molecule has 1 aliphatic heterocycles. The van der Waals surface area contributed by atoms with Crippen LogP contribution in [0.2, 0.25) is 0 Å². The number of rotatable bonds is 5. The first-order chi connectivity index (χ1) is 16.6. The summed E-state index contributed by atoms with van der Waals surface area (Å²) in [6.45, 7) is 1.11. The molecule has 0 saturated carbocycles. The molecular weight excluding hydrogens is 435 g/mol. The monoisotopic (exact) mass is 458 g/mol. The predicted octanol–water partition coefficient (Wildman–Crippen LogP) is 4.22. The summed E-state index contributed by atoms with van der Waals surface area (Å²) in [6, 6.07) is 9.70. The summed E-state index contributed by atoms with van der Waals surface area (Å²) in [4.78, 5) is 28.3. The highest BCUT2D eigenvalue weighted by Gasteiger charge is 2.29. The van der Waals surface area contributed by atoms with E-state index in [-0.39, 0.29) is 23.5 Å². The minimum absolute atomic E-state index is 0.0716. The van der Waals surface area contributed by atoms with Gasteiger partial charge in [-0.2, -0.15) is 5.10 Å². The van der Waals surface area contributed by atoms with E-state index >= 15 is 0 Å². The average molecular weight is 458 g/mol. The molecule has 5 rings (SSSR count). The van der Waals surface area contributed by atoms with Gasteiger partial charge in [0.05, 0.1) is 11.9 Å². The number of benzene rings is 1. The van der Waals surface area contributed by atoms with Crippen LogP contribution in [0, 0.1) is 5.82 Å². The molecule has 0 radical (unpaired) electrons. The molecule has 0 N–H and O–H groups in total. The van der Waals surface area contributed by atoms with E-state index in [0.717, 1.165) is 18.4 Å². The van der Waals surface area contributed by atoms with Gasteiger partial charge < -0.3 is 9.64 Å². The van der Waals surface area contributed by atoms with Crippen LogP contribution in [0.3, 0.4) is 0 Å². The second kappa shape index (κ2) is 9.38. The molecule has 3 aromatic heterocycles. The molecule has 1 aromatic carbocycles. The molecule has 1 atom stereocenters. The molecule has 0 unspecified atom stereocenters. The van der Waals surface area contributed by atoms with Crippen LogP contribution in [-0.2, 0) is 7.05 Å². The number of nitrogens with zero attached hydrogens (tertiary/aromatic N) is 6. The van der Waals surface area contributed by atoms with Gasteiger partial charge in [0.2, 0.25) is 5.88 Å². The van der Waals surface area contributed by atoms with Crippen molar-refractivity contribution < 1.29 is 13.9 Å². The van der Waals surface area contributed by atoms with Crippen molar-refractivity contribution in [3.05, 3.63) is 84.5 Å². The summed E-state index contributed by atoms with van der Waals surface area (Å²) in [5.41, 5.74) is 2.73. The van der Waals surface area contributed by atoms with Gasteiger partial charge in [0.25, 0.3) is 5.91 Å². The molecular formula is C25H23FN6O2. The third-order valence-electron chi connectivity index (χ3n) is 5.84. The predicted molar refractivity (Wildman–Crippen MR) is 123 cm³/mol. The summed E-state index contributed by atoms with van der Waals surface area (Å²) in [7, 11) is 1.84. The van der Waals surface area contributed by atoms with Crippen molar-refractivity contribution in [1.82, 2.24) is 29.6 Å². The van der Waals surface area contributed by atoms with E-state index in [2.05, 4.69) is 20.1 Å². The van der Waals surface area contributed by atoms with Gasteiger partial charge in [0.1, 0.15) is 5.69 Å². The van der Waals surface area contributed by atoms with Gasteiger partial charge in [0.15, 0.2) is 11.6 Å². The highest BCUT2D eigenvalue weighted by Crippen LogP contribution is 2.33. The Kier molecular flexibility index (Phi) is 5.99. The van der Waals surface area contributed by atoms with Crippen molar-refractivity contribution in [3.8, 4) is 22.9 Å². The number of hydrogen-bond donors (Lipinski definition) is 0. The first-order valence-electron chi connectivity index (χ1n) is 11.1. The summed E-state index contributed by atoms with van der Waals surface area (Å²) < 4.78 is 21.6. The van der Waals surface area contributed by atoms with Crippen molar-refractivity contribution in [3.63, 3.8) is 0 Å². The van der Waals surface area contributed by atoms with Gasteiger partial charge in [0, 0.05) is 62.0 Å². The molecule has 1 fully saturated rings. The van der Waals surface area contributed by atoms with Crippen LogP contribution in [0.15, 0.2) is 67.4 Å². The SMILES string of the molecule is Cn1cc(-c2cc(C(=O)N3CCC[C@H](c4nccnc4Oc4ccccc4F)C3)ccn2)cn1. The van der Waals surface area contributed by atoms with Crippen molar-refractivity contribution in [1.29, 1.82) is 0 Å². The number of aryl methyl sites for hydroxylation is 1. The van der Waals surface area contributed by atoms with Gasteiger partial charge in [-0.3, -0.25) is 19.4 Å². The molecule has 172 valence electrons. The van der Waals surface area contributed by atoms with E-state index in [9.17, 15) is 9.18 Å². The molecule has 1 aliphatic rings. The van der Waals surface area contributed by atoms with E-state index < -0.39 is 5.82 Å². The molecule has 4 heterocycles. The number of para-hydroxylation sites is 1. The zero-order valence-electron chi connectivity index (χ0n) is 18.6. The lowest BCUT2D eigenvalue weighted by atomic mass is 9.94. The number of carbonyl (C=O) groups is 1. The maximum atomic E-state index is 14.1. The number of ether oxygens (including phenoxy) is 1. The van der Waals surface area contributed by atoms with E-state index in [0.29, 0.717) is 30.0 Å². The van der Waals surface area contributed by atoms with Crippen LogP contribution >= 0.6 is 0 Å². The molecule has 0 aliphatic carbocycles. The summed E-state index contributed by atoms with van der Waals surface area (Å²) in [5.74, 6) is -0.269. The fraction of sp³-hybridized carbons (Fsp3) is 0.240. The molecule has 8 nitrogen and oxygen atoms in total. The molecule has 1 amide bonds. The zero-order chi connectivity index (χ0) is 23.5. The lowest BCUT2D eigenvalue weighted by Crippen LogP contribution is -2.39. The summed E-state index contributed by atoms with van der Waals surface area (Å²) in [6.07, 6.45) is 9.97. The Morgan fingerprint density at radius 2 is 1.97 bits per heavy atom. The third-order valence-corrected chi connectivity index (χ3v) is 5.84. The van der Waals surface area contributed by atoms with Gasteiger partial charge in [-0.05, 0) is 37.1 Å². The lowest BCUT2D eigenvalue weighted by Gasteiger charge is -2.33. The standard InChI is InChI=1S/C25H23FN6O2/c1-31-15-19(14-30-31)21-13-17(8-9-27-21)25(33)32-12-4-5-18(16-32)23-24(29-11-10-28-23)34-22-7-3-2-6-20(22)26/h2-3,6-11,13-15,18H,4-5,12,16H2,1H3/t18-/m0/s1. The molecule has 9 heteroatoms. The number of hydrogen-bond acceptors (Lipinski definition) is 6. The molecule has 34 heavy (non-hydrogen) atoms. The number of halogens is 1. The number of pyridine rings is 1. The largest absolute Gasteiger partial charge is 0.434 e. The fourth-order valence-electron chi connectivity index (χ4n) is 4.17. The number of piperidine rings is 1. The van der Waals surface area contributed by atoms with Crippen molar-refractivity contribution in [2.75, 3.05) is 13.1 Å². The minimum Gasteiger partial charge on any atom is -0.434 e. The van der Waals surface area contributed by atoms with Gasteiger partial charge in [-0.15, -0.1) is 0 Å². The van der Waals surface area contributed by atoms with E-state index in [1.807, 2.05) is 18.1 Å². The second-order valence-electron chi connectivity index (χ2n) is 8.20. The fourth-order valence-corrected chi connectivity index (χ4v) is 4.17. The third kappa shape index (κ3) is 4.50. The van der Waals surface area contributed by atoms with Crippen LogP contribution in [-0.4, -0.2) is 48.6 Å². The highest BCUT2D eigenvalue weighted by molar-refractivity contribution is 5.95. The van der Waals surface area contributed by atoms with Crippen LogP contribution < -0.4 is 4.74 Å². The average Bonchev–Trinajstić information content (AvgIpc) is 3.32. The summed E-state index contributed by atoms with van der Waals surface area (Å²) in [5, 5.41) is 4.18. The van der Waals surface area contributed by atoms with Crippen LogP contribution in [0.1, 0.15) is 34.8 Å². The second-order valence-corrected chi connectivity index (χ2v) is 8.20. The Labute approximate surface area is 196 Å². The first kappa shape index (κ1) is 21.7. The first-order valence-corrected chi connectivity index (χ1v) is 11.1. The van der Waals surface area contributed by atoms with E-state index in [4.69, 9.17) is 4.74 Å². The van der Waals surface area contributed by atoms with Gasteiger partial charge in [-0.1, -0.05) is 12.1 Å². The number of carbonyl (C=O) groups excluding carboxylic acids is 1. The number of amides is 1. The maximum Gasteiger partial charge on any atom is 0.254 e. The van der Waals surface area contributed by atoms with Crippen molar-refractivity contribution in [2.45, 2.75) is 18.8 Å². The minimum atomic E-state index is -0.471. The number of likely N-dealkylation sites (tertiary alicyclic amines) is 1. The van der Waals surface area contributed by atoms with Gasteiger partial charge >= 0.3 is 0 Å². The smallest absolute Gasteiger partial charge is 0.254 e. The lowest BCUT2D eigenvalue weighted by molar-refractivity contribution is 0.0704. The Hall–Kier alpha value is -4.14. The Morgan fingerprint density at radius 1 is 1.12 bits per heavy atom. The van der Waals surface area contributed by atoms with Gasteiger partial charge in [-0.25, -0.2) is 9.37 Å². The van der Waals surface area contributed by atoms with E-state index in [1.54, 1.807) is 53.6 Å². The highest BCUT2D eigenvalue weighted by atomic mass is 19.1. The molecule has 0 bridgehead atoms. The summed E-state index contributed by atoms with van der Waals surface area (Å²) >= 11 is 0. The molecule has 1 saturated heterocycles. The van der Waals surface area contributed by atoms with E-state index in [1.165, 1.54) is 12.3 Å². The van der Waals surface area contributed by atoms with Crippen molar-refractivity contribution in [2.24, 2.45) is 7.05 Å². The zero-order valence-corrected chi connectivity index (χ0v) is 18.6. The topological polar surface area (TPSA) is 86.0 Å². The quantitative estimate of drug-likeness (QED) is 0.445. The Morgan fingerprint density at radius 3 is 2.79 bits per heavy atom. The molecule has 0 spiro atoms. The van der Waals surface area contributed by atoms with Crippen LogP contribution in [0.25, 0.3) is 11.3 Å². The Balaban J connectivity index is 1.36. The van der Waals surface area contributed by atoms with Crippen LogP contribution in [0.4, 0.5) is 4.39 Å². The van der Waals surface area contributed by atoms with Crippen LogP contribution in [0.5, 0.6) is 11.6 Å². The number of aromatic nitrogens is 5. The normalized spacial score (nSPS) is 15.8. The Bertz CT molecular complexity index is 1320. The van der Waals surface area contributed by atoms with Crippen molar-refractivity contribution >= 4 is 5.91 Å².